The summed E-state index contributed by atoms with van der Waals surface area (Å²) >= 11 is 1.07. The van der Waals surface area contributed by atoms with E-state index in [1.807, 2.05) is 61.5 Å². The zero-order chi connectivity index (χ0) is 19.1. The lowest BCUT2D eigenvalue weighted by atomic mass is 10.1. The molecule has 0 aliphatic carbocycles. The molecule has 0 saturated carbocycles. The van der Waals surface area contributed by atoms with Crippen LogP contribution in [0.1, 0.15) is 11.1 Å². The van der Waals surface area contributed by atoms with Crippen molar-refractivity contribution in [3.8, 4) is 11.5 Å². The third-order valence-corrected chi connectivity index (χ3v) is 4.40. The molecule has 3 amide bonds. The van der Waals surface area contributed by atoms with E-state index in [1.165, 1.54) is 0 Å². The van der Waals surface area contributed by atoms with Crippen LogP contribution < -0.4 is 10.6 Å². The highest BCUT2D eigenvalue weighted by Gasteiger charge is 2.13. The Hall–Kier alpha value is -3.13. The van der Waals surface area contributed by atoms with Crippen LogP contribution in [0.3, 0.4) is 0 Å². The molecule has 2 aromatic carbocycles. The fourth-order valence-corrected chi connectivity index (χ4v) is 2.76. The summed E-state index contributed by atoms with van der Waals surface area (Å²) in [6.07, 6.45) is 0. The molecule has 0 saturated heterocycles. The first-order valence-electron chi connectivity index (χ1n) is 8.25. The molecule has 0 aliphatic heterocycles. The number of benzene rings is 2. The smallest absolute Gasteiger partial charge is 0.321 e. The van der Waals surface area contributed by atoms with E-state index in [0.29, 0.717) is 12.4 Å². The van der Waals surface area contributed by atoms with Gasteiger partial charge in [0.25, 0.3) is 5.22 Å². The average molecular weight is 382 g/mol. The number of hydrogen-bond acceptors (Lipinski definition) is 6. The Bertz CT molecular complexity index is 910. The monoisotopic (exact) mass is 382 g/mol. The van der Waals surface area contributed by atoms with Crippen LogP contribution in [0.4, 0.5) is 4.79 Å². The van der Waals surface area contributed by atoms with Gasteiger partial charge in [0, 0.05) is 12.1 Å². The van der Waals surface area contributed by atoms with E-state index >= 15 is 0 Å². The predicted molar refractivity (Wildman–Crippen MR) is 102 cm³/mol. The lowest BCUT2D eigenvalue weighted by Gasteiger charge is -2.06. The lowest BCUT2D eigenvalue weighted by Crippen LogP contribution is -2.39. The van der Waals surface area contributed by atoms with Crippen LogP contribution in [0.25, 0.3) is 11.5 Å². The molecule has 27 heavy (non-hydrogen) atoms. The van der Waals surface area contributed by atoms with Gasteiger partial charge in [-0.3, -0.25) is 10.1 Å². The van der Waals surface area contributed by atoms with Gasteiger partial charge in [0.05, 0.1) is 5.75 Å². The van der Waals surface area contributed by atoms with E-state index in [4.69, 9.17) is 4.42 Å². The molecular weight excluding hydrogens is 364 g/mol. The highest BCUT2D eigenvalue weighted by atomic mass is 32.2. The highest BCUT2D eigenvalue weighted by molar-refractivity contribution is 7.99. The minimum Gasteiger partial charge on any atom is -0.411 e. The van der Waals surface area contributed by atoms with Crippen molar-refractivity contribution in [1.82, 2.24) is 20.8 Å². The maximum atomic E-state index is 11.9. The number of aryl methyl sites for hydroxylation is 1. The molecule has 2 N–H and O–H groups in total. The Morgan fingerprint density at radius 3 is 2.52 bits per heavy atom. The number of aromatic nitrogens is 2. The molecule has 1 heterocycles. The fourth-order valence-electron chi connectivity index (χ4n) is 2.19. The predicted octanol–water partition coefficient (Wildman–Crippen LogP) is 3.16. The van der Waals surface area contributed by atoms with E-state index in [2.05, 4.69) is 20.8 Å². The van der Waals surface area contributed by atoms with Crippen molar-refractivity contribution < 1.29 is 14.0 Å². The molecule has 3 aromatic rings. The maximum Gasteiger partial charge on any atom is 0.321 e. The zero-order valence-corrected chi connectivity index (χ0v) is 15.5. The van der Waals surface area contributed by atoms with Gasteiger partial charge in [0.15, 0.2) is 0 Å². The minimum absolute atomic E-state index is 0.00567. The van der Waals surface area contributed by atoms with Crippen molar-refractivity contribution in [2.24, 2.45) is 0 Å². The van der Waals surface area contributed by atoms with Crippen LogP contribution in [0.5, 0.6) is 0 Å². The van der Waals surface area contributed by atoms with Gasteiger partial charge in [-0.2, -0.15) is 0 Å². The number of carbonyl (C=O) groups excluding carboxylic acids is 2. The first-order valence-corrected chi connectivity index (χ1v) is 9.23. The van der Waals surface area contributed by atoms with Crippen molar-refractivity contribution in [2.45, 2.75) is 18.7 Å². The number of urea groups is 1. The molecule has 8 heteroatoms. The van der Waals surface area contributed by atoms with E-state index < -0.39 is 11.9 Å². The van der Waals surface area contributed by atoms with Crippen LogP contribution in [0.2, 0.25) is 0 Å². The van der Waals surface area contributed by atoms with Crippen LogP contribution in [-0.2, 0) is 11.3 Å². The standard InChI is InChI=1S/C19H18N4O3S/c1-13-7-9-15(10-8-13)17-22-23-19(26-17)27-12-16(24)21-18(25)20-11-14-5-3-2-4-6-14/h2-10H,11-12H2,1H3,(H2,20,21,24,25). The molecule has 0 bridgehead atoms. The van der Waals surface area contributed by atoms with Gasteiger partial charge in [-0.25, -0.2) is 4.79 Å². The quantitative estimate of drug-likeness (QED) is 0.636. The Morgan fingerprint density at radius 1 is 1.04 bits per heavy atom. The summed E-state index contributed by atoms with van der Waals surface area (Å²) in [6, 6.07) is 16.6. The molecule has 7 nitrogen and oxygen atoms in total. The van der Waals surface area contributed by atoms with Gasteiger partial charge in [-0.1, -0.05) is 59.8 Å². The summed E-state index contributed by atoms with van der Waals surface area (Å²) in [6.45, 7) is 2.34. The second-order valence-corrected chi connectivity index (χ2v) is 6.67. The van der Waals surface area contributed by atoms with Crippen molar-refractivity contribution in [2.75, 3.05) is 5.75 Å². The molecule has 138 valence electrons. The lowest BCUT2D eigenvalue weighted by molar-refractivity contribution is -0.117. The van der Waals surface area contributed by atoms with E-state index in [1.54, 1.807) is 0 Å². The molecule has 0 unspecified atom stereocenters. The van der Waals surface area contributed by atoms with Gasteiger partial charge in [0.1, 0.15) is 0 Å². The van der Waals surface area contributed by atoms with Gasteiger partial charge >= 0.3 is 6.03 Å². The van der Waals surface area contributed by atoms with Gasteiger partial charge in [-0.05, 0) is 24.6 Å². The number of amides is 3. The minimum atomic E-state index is -0.546. The number of imide groups is 1. The Morgan fingerprint density at radius 2 is 1.78 bits per heavy atom. The SMILES string of the molecule is Cc1ccc(-c2nnc(SCC(=O)NC(=O)NCc3ccccc3)o2)cc1. The normalized spacial score (nSPS) is 10.4. The van der Waals surface area contributed by atoms with Gasteiger partial charge in [-0.15, -0.1) is 10.2 Å². The number of hydrogen-bond donors (Lipinski definition) is 2. The van der Waals surface area contributed by atoms with Gasteiger partial charge < -0.3 is 9.73 Å². The molecule has 1 aromatic heterocycles. The number of carbonyl (C=O) groups is 2. The second-order valence-electron chi connectivity index (χ2n) is 5.74. The Labute approximate surface area is 160 Å². The molecule has 0 radical (unpaired) electrons. The van der Waals surface area contributed by atoms with Crippen molar-refractivity contribution in [3.05, 3.63) is 65.7 Å². The Kier molecular flexibility index (Phi) is 6.22. The maximum absolute atomic E-state index is 11.9. The first-order chi connectivity index (χ1) is 13.1. The second kappa shape index (κ2) is 9.00. The van der Waals surface area contributed by atoms with E-state index in [9.17, 15) is 9.59 Å². The summed E-state index contributed by atoms with van der Waals surface area (Å²) < 4.78 is 5.53. The zero-order valence-electron chi connectivity index (χ0n) is 14.6. The Balaban J connectivity index is 1.44. The van der Waals surface area contributed by atoms with Crippen molar-refractivity contribution >= 4 is 23.7 Å². The highest BCUT2D eigenvalue weighted by Crippen LogP contribution is 2.23. The average Bonchev–Trinajstić information content (AvgIpc) is 3.15. The molecule has 0 atom stereocenters. The third-order valence-electron chi connectivity index (χ3n) is 3.58. The van der Waals surface area contributed by atoms with Gasteiger partial charge in [0.2, 0.25) is 11.8 Å². The number of nitrogens with one attached hydrogen (secondary N) is 2. The van der Waals surface area contributed by atoms with E-state index in [0.717, 1.165) is 28.5 Å². The van der Waals surface area contributed by atoms with Crippen LogP contribution in [0, 0.1) is 6.92 Å². The van der Waals surface area contributed by atoms with Crippen LogP contribution >= 0.6 is 11.8 Å². The van der Waals surface area contributed by atoms with Crippen LogP contribution in [-0.4, -0.2) is 27.9 Å². The summed E-state index contributed by atoms with van der Waals surface area (Å²) in [5, 5.41) is 13.0. The molecule has 0 aliphatic rings. The van der Waals surface area contributed by atoms with Crippen molar-refractivity contribution in [3.63, 3.8) is 0 Å². The third kappa shape index (κ3) is 5.68. The summed E-state index contributed by atoms with van der Waals surface area (Å²) in [4.78, 5) is 23.6. The molecule has 0 fully saturated rings. The van der Waals surface area contributed by atoms with E-state index in [-0.39, 0.29) is 11.0 Å². The topological polar surface area (TPSA) is 97.1 Å². The van der Waals surface area contributed by atoms with Crippen molar-refractivity contribution in [1.29, 1.82) is 0 Å². The summed E-state index contributed by atoms with van der Waals surface area (Å²) in [5.74, 6) is -0.0620. The summed E-state index contributed by atoms with van der Waals surface area (Å²) in [5.41, 5.74) is 2.89. The first kappa shape index (κ1) is 18.7. The fraction of sp³-hybridized carbons (Fsp3) is 0.158. The molecule has 0 spiro atoms. The molecule has 3 rings (SSSR count). The number of nitrogens with zero attached hydrogens (tertiary/aromatic N) is 2. The largest absolute Gasteiger partial charge is 0.411 e. The van der Waals surface area contributed by atoms with Crippen LogP contribution in [0.15, 0.2) is 64.2 Å². The molecular formula is C19H18N4O3S. The summed E-state index contributed by atoms with van der Waals surface area (Å²) in [7, 11) is 0. The number of thioether (sulfide) groups is 1. The number of rotatable bonds is 6.